The van der Waals surface area contributed by atoms with Crippen LogP contribution in [-0.4, -0.2) is 24.9 Å². The van der Waals surface area contributed by atoms with E-state index < -0.39 is 11.7 Å². The molecule has 1 aliphatic rings. The Morgan fingerprint density at radius 3 is 2.67 bits per heavy atom. The maximum Gasteiger partial charge on any atom is 0.289 e. The maximum atomic E-state index is 12.7. The highest BCUT2D eigenvalue weighted by molar-refractivity contribution is 7.99. The number of nitrogens with one attached hydrogen (secondary N) is 1. The summed E-state index contributed by atoms with van der Waals surface area (Å²) in [6, 6.07) is 9.35. The van der Waals surface area contributed by atoms with E-state index in [4.69, 9.17) is 21.1 Å². The molecule has 1 heterocycles. The number of anilines is 1. The molecular formula is C16H12ClF2NO3S. The summed E-state index contributed by atoms with van der Waals surface area (Å²) in [5.74, 6) is -2.06. The average Bonchev–Trinajstić information content (AvgIpc) is 2.57. The molecule has 0 aliphatic carbocycles. The lowest BCUT2D eigenvalue weighted by molar-refractivity contribution is 0.102. The SMILES string of the molecule is O=C(Nc1cccc(Cl)c1SC(F)F)c1ccc2c(c1)OCCO2. The highest BCUT2D eigenvalue weighted by Gasteiger charge is 2.18. The number of carbonyl (C=O) groups excluding carboxylic acids is 1. The van der Waals surface area contributed by atoms with Crippen molar-refractivity contribution in [3.8, 4) is 11.5 Å². The number of ether oxygens (including phenoxy) is 2. The molecule has 1 N–H and O–H groups in total. The molecule has 24 heavy (non-hydrogen) atoms. The quantitative estimate of drug-likeness (QED) is 0.793. The Kier molecular flexibility index (Phi) is 5.11. The highest BCUT2D eigenvalue weighted by atomic mass is 35.5. The molecule has 3 rings (SSSR count). The number of carbonyl (C=O) groups is 1. The number of hydrogen-bond donors (Lipinski definition) is 1. The predicted octanol–water partition coefficient (Wildman–Crippen LogP) is 4.68. The van der Waals surface area contributed by atoms with Crippen LogP contribution in [0.3, 0.4) is 0 Å². The maximum absolute atomic E-state index is 12.7. The van der Waals surface area contributed by atoms with Gasteiger partial charge in [0.25, 0.3) is 11.7 Å². The van der Waals surface area contributed by atoms with Gasteiger partial charge in [-0.25, -0.2) is 0 Å². The largest absolute Gasteiger partial charge is 0.486 e. The van der Waals surface area contributed by atoms with Crippen LogP contribution in [0.25, 0.3) is 0 Å². The smallest absolute Gasteiger partial charge is 0.289 e. The van der Waals surface area contributed by atoms with Crippen molar-refractivity contribution >= 4 is 35.0 Å². The Morgan fingerprint density at radius 2 is 1.92 bits per heavy atom. The monoisotopic (exact) mass is 371 g/mol. The van der Waals surface area contributed by atoms with Crippen molar-refractivity contribution in [2.75, 3.05) is 18.5 Å². The molecule has 2 aromatic rings. The molecule has 0 atom stereocenters. The van der Waals surface area contributed by atoms with Gasteiger partial charge < -0.3 is 14.8 Å². The second-order valence-electron chi connectivity index (χ2n) is 4.81. The average molecular weight is 372 g/mol. The van der Waals surface area contributed by atoms with Gasteiger partial charge in [0, 0.05) is 5.56 Å². The zero-order valence-electron chi connectivity index (χ0n) is 12.2. The molecule has 0 unspecified atom stereocenters. The lowest BCUT2D eigenvalue weighted by Gasteiger charge is -2.19. The van der Waals surface area contributed by atoms with Crippen LogP contribution in [-0.2, 0) is 0 Å². The molecule has 1 amide bonds. The number of benzene rings is 2. The molecule has 0 fully saturated rings. The Morgan fingerprint density at radius 1 is 1.17 bits per heavy atom. The van der Waals surface area contributed by atoms with Crippen molar-refractivity contribution in [3.05, 3.63) is 47.0 Å². The van der Waals surface area contributed by atoms with Crippen LogP contribution >= 0.6 is 23.4 Å². The Bertz CT molecular complexity index is 773. The van der Waals surface area contributed by atoms with Crippen LogP contribution in [0.5, 0.6) is 11.5 Å². The molecule has 0 bridgehead atoms. The molecule has 0 radical (unpaired) electrons. The number of fused-ring (bicyclic) bond motifs is 1. The summed E-state index contributed by atoms with van der Waals surface area (Å²) in [6.45, 7) is 0.858. The summed E-state index contributed by atoms with van der Waals surface area (Å²) >= 11 is 6.24. The third-order valence-electron chi connectivity index (χ3n) is 3.23. The Hall–Kier alpha value is -1.99. The van der Waals surface area contributed by atoms with Crippen molar-refractivity contribution in [1.82, 2.24) is 0 Å². The lowest BCUT2D eigenvalue weighted by atomic mass is 10.1. The molecule has 0 saturated heterocycles. The number of halogens is 3. The summed E-state index contributed by atoms with van der Waals surface area (Å²) < 4.78 is 36.2. The first-order valence-corrected chi connectivity index (χ1v) is 8.24. The van der Waals surface area contributed by atoms with Gasteiger partial charge in [0.2, 0.25) is 0 Å². The van der Waals surface area contributed by atoms with E-state index in [0.29, 0.717) is 30.3 Å². The normalized spacial score (nSPS) is 13.0. The van der Waals surface area contributed by atoms with Crippen molar-refractivity contribution in [3.63, 3.8) is 0 Å². The molecule has 0 spiro atoms. The minimum absolute atomic E-state index is 0.125. The van der Waals surface area contributed by atoms with Crippen LogP contribution in [0, 0.1) is 0 Å². The van der Waals surface area contributed by atoms with Gasteiger partial charge in [0.1, 0.15) is 13.2 Å². The fourth-order valence-corrected chi connectivity index (χ4v) is 3.11. The molecule has 8 heteroatoms. The number of thioether (sulfide) groups is 1. The molecule has 4 nitrogen and oxygen atoms in total. The molecular weight excluding hydrogens is 360 g/mol. The molecule has 2 aromatic carbocycles. The minimum atomic E-state index is -2.64. The van der Waals surface area contributed by atoms with Crippen LogP contribution in [0.15, 0.2) is 41.3 Å². The number of amides is 1. The lowest BCUT2D eigenvalue weighted by Crippen LogP contribution is -2.17. The van der Waals surface area contributed by atoms with Crippen molar-refractivity contribution in [1.29, 1.82) is 0 Å². The van der Waals surface area contributed by atoms with Gasteiger partial charge >= 0.3 is 0 Å². The number of alkyl halides is 2. The van der Waals surface area contributed by atoms with E-state index in [1.807, 2.05) is 0 Å². The summed E-state index contributed by atoms with van der Waals surface area (Å²) in [5.41, 5.74) is 0.555. The zero-order chi connectivity index (χ0) is 17.1. The van der Waals surface area contributed by atoms with Gasteiger partial charge in [0.15, 0.2) is 11.5 Å². The van der Waals surface area contributed by atoms with E-state index in [-0.39, 0.29) is 27.4 Å². The standard InChI is InChI=1S/C16H12ClF2NO3S/c17-10-2-1-3-11(14(10)24-16(18)19)20-15(21)9-4-5-12-13(8-9)23-7-6-22-12/h1-5,8,16H,6-7H2,(H,20,21). The third kappa shape index (κ3) is 3.73. The van der Waals surface area contributed by atoms with E-state index in [9.17, 15) is 13.6 Å². The first-order valence-electron chi connectivity index (χ1n) is 6.99. The topological polar surface area (TPSA) is 47.6 Å². The van der Waals surface area contributed by atoms with E-state index in [0.717, 1.165) is 0 Å². The van der Waals surface area contributed by atoms with Crippen LogP contribution in [0.4, 0.5) is 14.5 Å². The first-order chi connectivity index (χ1) is 11.5. The summed E-state index contributed by atoms with van der Waals surface area (Å²) in [6.07, 6.45) is 0. The fourth-order valence-electron chi connectivity index (χ4n) is 2.20. The predicted molar refractivity (Wildman–Crippen MR) is 88.7 cm³/mol. The first kappa shape index (κ1) is 16.9. The van der Waals surface area contributed by atoms with Crippen molar-refractivity contribution < 1.29 is 23.0 Å². The van der Waals surface area contributed by atoms with E-state index in [1.54, 1.807) is 24.3 Å². The summed E-state index contributed by atoms with van der Waals surface area (Å²) in [5, 5.41) is 2.76. The molecule has 1 aliphatic heterocycles. The van der Waals surface area contributed by atoms with Crippen LogP contribution < -0.4 is 14.8 Å². The van der Waals surface area contributed by atoms with E-state index >= 15 is 0 Å². The Balaban J connectivity index is 1.84. The Labute approximate surface area is 146 Å². The van der Waals surface area contributed by atoms with Crippen molar-refractivity contribution in [2.45, 2.75) is 10.7 Å². The van der Waals surface area contributed by atoms with E-state index in [2.05, 4.69) is 5.32 Å². The highest BCUT2D eigenvalue weighted by Crippen LogP contribution is 2.38. The third-order valence-corrected chi connectivity index (χ3v) is 4.51. The van der Waals surface area contributed by atoms with Crippen LogP contribution in [0.1, 0.15) is 10.4 Å². The van der Waals surface area contributed by atoms with Gasteiger partial charge in [-0.2, -0.15) is 8.78 Å². The van der Waals surface area contributed by atoms with Gasteiger partial charge in [-0.15, -0.1) is 0 Å². The zero-order valence-corrected chi connectivity index (χ0v) is 13.8. The molecule has 0 aromatic heterocycles. The van der Waals surface area contributed by atoms with Crippen LogP contribution in [0.2, 0.25) is 5.02 Å². The molecule has 0 saturated carbocycles. The van der Waals surface area contributed by atoms with E-state index in [1.165, 1.54) is 12.1 Å². The summed E-state index contributed by atoms with van der Waals surface area (Å²) in [4.78, 5) is 12.5. The van der Waals surface area contributed by atoms with Gasteiger partial charge in [-0.3, -0.25) is 4.79 Å². The minimum Gasteiger partial charge on any atom is -0.486 e. The fraction of sp³-hybridized carbons (Fsp3) is 0.188. The van der Waals surface area contributed by atoms with Crippen molar-refractivity contribution in [2.24, 2.45) is 0 Å². The second-order valence-corrected chi connectivity index (χ2v) is 6.22. The molecule has 126 valence electrons. The summed E-state index contributed by atoms with van der Waals surface area (Å²) in [7, 11) is 0. The number of rotatable bonds is 4. The van der Waals surface area contributed by atoms with Gasteiger partial charge in [0.05, 0.1) is 15.6 Å². The van der Waals surface area contributed by atoms with Gasteiger partial charge in [-0.1, -0.05) is 29.4 Å². The second kappa shape index (κ2) is 7.27. The number of hydrogen-bond acceptors (Lipinski definition) is 4. The van der Waals surface area contributed by atoms with Gasteiger partial charge in [-0.05, 0) is 30.3 Å².